The maximum absolute atomic E-state index is 9.45. The predicted molar refractivity (Wildman–Crippen MR) is 84.2 cm³/mol. The average molecular weight is 292 g/mol. The van der Waals surface area contributed by atoms with E-state index < -0.39 is 0 Å². The number of oxime groups is 1. The molecule has 4 heteroatoms. The summed E-state index contributed by atoms with van der Waals surface area (Å²) in [5.74, 6) is 0.943. The van der Waals surface area contributed by atoms with Crippen LogP contribution in [0.1, 0.15) is 22.5 Å². The molecule has 3 rings (SSSR count). The Morgan fingerprint density at radius 2 is 1.95 bits per heavy atom. The molecule has 0 atom stereocenters. The van der Waals surface area contributed by atoms with Crippen LogP contribution in [-0.2, 0) is 12.8 Å². The Kier molecular flexibility index (Phi) is 4.30. The molecule has 0 fully saturated rings. The second-order valence-electron chi connectivity index (χ2n) is 4.93. The first-order valence-electron chi connectivity index (χ1n) is 7.11. The molecule has 1 aromatic carbocycles. The normalized spacial score (nSPS) is 11.5. The Balaban J connectivity index is 1.90. The number of aromatic nitrogens is 1. The van der Waals surface area contributed by atoms with Crippen molar-refractivity contribution < 1.29 is 9.62 Å². The van der Waals surface area contributed by atoms with E-state index in [0.29, 0.717) is 5.71 Å². The van der Waals surface area contributed by atoms with Crippen LogP contribution < -0.4 is 0 Å². The molecule has 4 nitrogen and oxygen atoms in total. The van der Waals surface area contributed by atoms with Crippen molar-refractivity contribution in [2.75, 3.05) is 0 Å². The lowest BCUT2D eigenvalue weighted by molar-refractivity contribution is 0.319. The van der Waals surface area contributed by atoms with E-state index in [1.165, 1.54) is 0 Å². The number of hydrogen-bond donors (Lipinski definition) is 1. The van der Waals surface area contributed by atoms with E-state index in [1.807, 2.05) is 48.5 Å². The maximum Gasteiger partial charge on any atom is 0.118 e. The van der Waals surface area contributed by atoms with Crippen molar-refractivity contribution >= 4 is 5.71 Å². The molecule has 2 heterocycles. The quantitative estimate of drug-likeness (QED) is 0.443. The fraction of sp³-hybridized carbons (Fsp3) is 0.111. The highest BCUT2D eigenvalue weighted by atomic mass is 16.4. The van der Waals surface area contributed by atoms with E-state index >= 15 is 0 Å². The Hall–Kier alpha value is -2.88. The average Bonchev–Trinajstić information content (AvgIpc) is 3.09. The summed E-state index contributed by atoms with van der Waals surface area (Å²) in [6.07, 6.45) is 6.68. The second kappa shape index (κ2) is 6.72. The lowest BCUT2D eigenvalue weighted by Crippen LogP contribution is -2.08. The number of furan rings is 1. The molecular weight excluding hydrogens is 276 g/mol. The zero-order valence-corrected chi connectivity index (χ0v) is 12.0. The third kappa shape index (κ3) is 3.06. The minimum Gasteiger partial charge on any atom is -0.469 e. The number of pyridine rings is 1. The third-order valence-corrected chi connectivity index (χ3v) is 3.53. The first-order valence-corrected chi connectivity index (χ1v) is 7.11. The largest absolute Gasteiger partial charge is 0.469 e. The number of aryl methyl sites for hydroxylation is 2. The lowest BCUT2D eigenvalue weighted by atomic mass is 9.95. The van der Waals surface area contributed by atoms with Gasteiger partial charge in [0.15, 0.2) is 0 Å². The molecule has 110 valence electrons. The molecular formula is C18H16N2O2. The molecule has 0 saturated heterocycles. The Bertz CT molecular complexity index is 750. The van der Waals surface area contributed by atoms with Crippen LogP contribution in [0.4, 0.5) is 0 Å². The molecule has 0 radical (unpaired) electrons. The summed E-state index contributed by atoms with van der Waals surface area (Å²) >= 11 is 0. The highest BCUT2D eigenvalue weighted by molar-refractivity contribution is 6.13. The molecule has 0 saturated carbocycles. The Morgan fingerprint density at radius 1 is 1.05 bits per heavy atom. The van der Waals surface area contributed by atoms with Crippen molar-refractivity contribution in [3.8, 4) is 0 Å². The van der Waals surface area contributed by atoms with Gasteiger partial charge in [0.2, 0.25) is 0 Å². The first kappa shape index (κ1) is 14.1. The van der Waals surface area contributed by atoms with Crippen molar-refractivity contribution in [2.24, 2.45) is 5.16 Å². The molecule has 0 bridgehead atoms. The molecule has 0 aliphatic rings. The third-order valence-electron chi connectivity index (χ3n) is 3.53. The molecule has 3 aromatic rings. The minimum absolute atomic E-state index is 0.531. The predicted octanol–water partition coefficient (Wildman–Crippen LogP) is 3.69. The molecule has 0 aliphatic heterocycles. The van der Waals surface area contributed by atoms with Crippen LogP contribution in [0.25, 0.3) is 0 Å². The van der Waals surface area contributed by atoms with E-state index in [4.69, 9.17) is 4.42 Å². The molecule has 0 amide bonds. The molecule has 0 aliphatic carbocycles. The van der Waals surface area contributed by atoms with Crippen molar-refractivity contribution in [1.82, 2.24) is 4.98 Å². The van der Waals surface area contributed by atoms with Crippen LogP contribution in [0.5, 0.6) is 0 Å². The molecule has 0 unspecified atom stereocenters. The van der Waals surface area contributed by atoms with E-state index in [-0.39, 0.29) is 0 Å². The first-order chi connectivity index (χ1) is 10.9. The summed E-state index contributed by atoms with van der Waals surface area (Å²) in [5, 5.41) is 12.9. The van der Waals surface area contributed by atoms with Crippen molar-refractivity contribution in [3.63, 3.8) is 0 Å². The van der Waals surface area contributed by atoms with E-state index in [9.17, 15) is 5.21 Å². The van der Waals surface area contributed by atoms with Crippen molar-refractivity contribution in [2.45, 2.75) is 12.8 Å². The van der Waals surface area contributed by atoms with Gasteiger partial charge < -0.3 is 9.62 Å². The van der Waals surface area contributed by atoms with E-state index in [0.717, 1.165) is 35.3 Å². The van der Waals surface area contributed by atoms with Gasteiger partial charge in [-0.25, -0.2) is 0 Å². The molecule has 22 heavy (non-hydrogen) atoms. The summed E-state index contributed by atoms with van der Waals surface area (Å²) in [5.41, 5.74) is 3.33. The standard InChI is InChI=1S/C18H16N2O2/c21-20-18(15-6-3-11-19-13-15)17-8-2-1-5-14(17)9-10-16-7-4-12-22-16/h1-8,11-13,21H,9-10H2. The van der Waals surface area contributed by atoms with Gasteiger partial charge in [-0.3, -0.25) is 4.98 Å². The number of hydrogen-bond acceptors (Lipinski definition) is 4. The highest BCUT2D eigenvalue weighted by Crippen LogP contribution is 2.17. The van der Waals surface area contributed by atoms with Gasteiger partial charge in [0, 0.05) is 29.9 Å². The molecule has 0 spiro atoms. The summed E-state index contributed by atoms with van der Waals surface area (Å²) < 4.78 is 5.38. The summed E-state index contributed by atoms with van der Waals surface area (Å²) in [4.78, 5) is 4.09. The highest BCUT2D eigenvalue weighted by Gasteiger charge is 2.12. The van der Waals surface area contributed by atoms with Gasteiger partial charge in [0.1, 0.15) is 11.5 Å². The summed E-state index contributed by atoms with van der Waals surface area (Å²) in [6, 6.07) is 15.5. The zero-order chi connectivity index (χ0) is 15.2. The SMILES string of the molecule is ON=C(c1cccnc1)c1ccccc1CCc1ccco1. The second-order valence-corrected chi connectivity index (χ2v) is 4.93. The van der Waals surface area contributed by atoms with Crippen molar-refractivity contribution in [3.05, 3.63) is 89.6 Å². The fourth-order valence-electron chi connectivity index (χ4n) is 2.45. The van der Waals surface area contributed by atoms with Crippen LogP contribution in [0.15, 0.2) is 76.8 Å². The van der Waals surface area contributed by atoms with Crippen LogP contribution in [0.2, 0.25) is 0 Å². The molecule has 2 aromatic heterocycles. The van der Waals surface area contributed by atoms with Gasteiger partial charge in [-0.15, -0.1) is 0 Å². The van der Waals surface area contributed by atoms with Crippen LogP contribution >= 0.6 is 0 Å². The number of nitrogens with zero attached hydrogens (tertiary/aromatic N) is 2. The fourth-order valence-corrected chi connectivity index (χ4v) is 2.45. The van der Waals surface area contributed by atoms with Crippen LogP contribution in [0, 0.1) is 0 Å². The Labute approximate surface area is 128 Å². The number of benzene rings is 1. The van der Waals surface area contributed by atoms with Gasteiger partial charge in [-0.05, 0) is 36.2 Å². The summed E-state index contributed by atoms with van der Waals surface area (Å²) in [6.45, 7) is 0. The summed E-state index contributed by atoms with van der Waals surface area (Å²) in [7, 11) is 0. The van der Waals surface area contributed by atoms with Gasteiger partial charge in [0.25, 0.3) is 0 Å². The minimum atomic E-state index is 0.531. The van der Waals surface area contributed by atoms with Gasteiger partial charge in [-0.1, -0.05) is 29.4 Å². The zero-order valence-electron chi connectivity index (χ0n) is 12.0. The lowest BCUT2D eigenvalue weighted by Gasteiger charge is -2.10. The van der Waals surface area contributed by atoms with Crippen molar-refractivity contribution in [1.29, 1.82) is 0 Å². The van der Waals surface area contributed by atoms with Gasteiger partial charge >= 0.3 is 0 Å². The van der Waals surface area contributed by atoms with E-state index in [1.54, 1.807) is 18.7 Å². The maximum atomic E-state index is 9.45. The van der Waals surface area contributed by atoms with Crippen LogP contribution in [0.3, 0.4) is 0 Å². The van der Waals surface area contributed by atoms with Gasteiger partial charge in [0.05, 0.1) is 6.26 Å². The monoisotopic (exact) mass is 292 g/mol. The smallest absolute Gasteiger partial charge is 0.118 e. The van der Waals surface area contributed by atoms with Crippen LogP contribution in [-0.4, -0.2) is 15.9 Å². The Morgan fingerprint density at radius 3 is 2.68 bits per heavy atom. The van der Waals surface area contributed by atoms with E-state index in [2.05, 4.69) is 10.1 Å². The van der Waals surface area contributed by atoms with Gasteiger partial charge in [-0.2, -0.15) is 0 Å². The molecule has 1 N–H and O–H groups in total. The number of rotatable bonds is 5. The topological polar surface area (TPSA) is 58.6 Å².